The van der Waals surface area contributed by atoms with Crippen molar-refractivity contribution in [3.63, 3.8) is 0 Å². The highest BCUT2D eigenvalue weighted by Gasteiger charge is 2.07. The maximum atomic E-state index is 5.48. The van der Waals surface area contributed by atoms with Crippen LogP contribution in [-0.4, -0.2) is 15.0 Å². The van der Waals surface area contributed by atoms with Crippen LogP contribution in [0.3, 0.4) is 0 Å². The molecule has 0 spiro atoms. The Kier molecular flexibility index (Phi) is 3.42. The molecule has 2 heterocycles. The van der Waals surface area contributed by atoms with Gasteiger partial charge in [-0.3, -0.25) is 5.43 Å². The van der Waals surface area contributed by atoms with Crippen molar-refractivity contribution >= 4 is 11.8 Å². The van der Waals surface area contributed by atoms with Gasteiger partial charge in [0.05, 0.1) is 12.2 Å². The number of nitrogens with zero attached hydrogens (tertiary/aromatic N) is 3. The van der Waals surface area contributed by atoms with E-state index in [2.05, 4.69) is 25.7 Å². The average molecular weight is 248 g/mol. The first-order valence-electron chi connectivity index (χ1n) is 5.57. The molecule has 0 fully saturated rings. The van der Waals surface area contributed by atoms with Gasteiger partial charge in [-0.15, -0.1) is 0 Å². The van der Waals surface area contributed by atoms with Crippen LogP contribution in [0.2, 0.25) is 0 Å². The lowest BCUT2D eigenvalue weighted by atomic mass is 10.3. The fourth-order valence-corrected chi connectivity index (χ4v) is 1.46. The zero-order chi connectivity index (χ0) is 13.1. The maximum Gasteiger partial charge on any atom is 0.239 e. The number of rotatable bonds is 4. The highest BCUT2D eigenvalue weighted by molar-refractivity contribution is 5.45. The van der Waals surface area contributed by atoms with Gasteiger partial charge in [-0.05, 0) is 20.8 Å². The second-order valence-electron chi connectivity index (χ2n) is 3.97. The highest BCUT2D eigenvalue weighted by atomic mass is 16.4. The van der Waals surface area contributed by atoms with E-state index in [9.17, 15) is 0 Å². The average Bonchev–Trinajstić information content (AvgIpc) is 2.68. The molecule has 0 unspecified atom stereocenters. The Morgan fingerprint density at radius 3 is 2.67 bits per heavy atom. The van der Waals surface area contributed by atoms with Crippen LogP contribution in [0.5, 0.6) is 0 Å². The van der Waals surface area contributed by atoms with Crippen LogP contribution in [0.4, 0.5) is 11.8 Å². The normalized spacial score (nSPS) is 10.4. The molecule has 0 aliphatic heterocycles. The molecule has 7 heteroatoms. The van der Waals surface area contributed by atoms with E-state index in [-0.39, 0.29) is 0 Å². The van der Waals surface area contributed by atoms with E-state index in [1.807, 2.05) is 20.8 Å². The minimum absolute atomic E-state index is 0.364. The summed E-state index contributed by atoms with van der Waals surface area (Å²) in [5, 5.41) is 3.14. The number of hydrogen-bond donors (Lipinski definition) is 3. The molecule has 0 saturated carbocycles. The summed E-state index contributed by atoms with van der Waals surface area (Å²) < 4.78 is 5.48. The van der Waals surface area contributed by atoms with Crippen molar-refractivity contribution in [3.05, 3.63) is 29.1 Å². The number of hydrogen-bond acceptors (Lipinski definition) is 7. The molecule has 18 heavy (non-hydrogen) atoms. The van der Waals surface area contributed by atoms with Crippen molar-refractivity contribution in [1.82, 2.24) is 15.0 Å². The monoisotopic (exact) mass is 248 g/mol. The third-order valence-corrected chi connectivity index (χ3v) is 2.58. The molecular weight excluding hydrogens is 232 g/mol. The number of hydrazine groups is 1. The lowest BCUT2D eigenvalue weighted by Gasteiger charge is -2.07. The first-order chi connectivity index (χ1) is 8.60. The third-order valence-electron chi connectivity index (χ3n) is 2.58. The Labute approximate surface area is 105 Å². The summed E-state index contributed by atoms with van der Waals surface area (Å²) in [7, 11) is 0. The van der Waals surface area contributed by atoms with Crippen LogP contribution in [0.25, 0.3) is 0 Å². The molecule has 0 radical (unpaired) electrons. The van der Waals surface area contributed by atoms with Gasteiger partial charge >= 0.3 is 0 Å². The van der Waals surface area contributed by atoms with Crippen LogP contribution in [0, 0.1) is 20.8 Å². The van der Waals surface area contributed by atoms with Crippen molar-refractivity contribution < 1.29 is 4.42 Å². The number of nitrogens with two attached hydrogens (primary N) is 1. The molecular formula is C11H16N6O. The van der Waals surface area contributed by atoms with E-state index in [4.69, 9.17) is 10.3 Å². The van der Waals surface area contributed by atoms with Gasteiger partial charge in [-0.25, -0.2) is 15.8 Å². The Morgan fingerprint density at radius 1 is 1.28 bits per heavy atom. The lowest BCUT2D eigenvalue weighted by molar-refractivity contribution is 0.478. The van der Waals surface area contributed by atoms with Crippen LogP contribution < -0.4 is 16.6 Å². The van der Waals surface area contributed by atoms with E-state index in [0.29, 0.717) is 24.2 Å². The predicted octanol–water partition coefficient (Wildman–Crippen LogP) is 1.29. The standard InChI is InChI=1S/C11H16N6O/c1-6-4-14-11(17-12)16-10(6)13-5-9-15-7(2)8(3)18-9/h4H,5,12H2,1-3H3,(H2,13,14,16,17). The van der Waals surface area contributed by atoms with Gasteiger partial charge < -0.3 is 9.73 Å². The van der Waals surface area contributed by atoms with E-state index in [0.717, 1.165) is 17.0 Å². The van der Waals surface area contributed by atoms with Gasteiger partial charge in [0.25, 0.3) is 0 Å². The summed E-state index contributed by atoms with van der Waals surface area (Å²) in [5.74, 6) is 7.79. The van der Waals surface area contributed by atoms with Gasteiger partial charge in [0.2, 0.25) is 11.8 Å². The summed E-state index contributed by atoms with van der Waals surface area (Å²) in [5.41, 5.74) is 4.23. The van der Waals surface area contributed by atoms with Crippen LogP contribution in [0.1, 0.15) is 22.9 Å². The predicted molar refractivity (Wildman–Crippen MR) is 67.9 cm³/mol. The molecule has 96 valence electrons. The zero-order valence-corrected chi connectivity index (χ0v) is 10.6. The van der Waals surface area contributed by atoms with Gasteiger partial charge in [0, 0.05) is 11.8 Å². The summed E-state index contributed by atoms with van der Waals surface area (Å²) in [6.45, 7) is 6.18. The van der Waals surface area contributed by atoms with Crippen molar-refractivity contribution in [2.24, 2.45) is 5.84 Å². The molecule has 0 bridgehead atoms. The molecule has 0 aliphatic carbocycles. The second kappa shape index (κ2) is 5.01. The largest absolute Gasteiger partial charge is 0.444 e. The number of aromatic nitrogens is 3. The van der Waals surface area contributed by atoms with Gasteiger partial charge in [0.1, 0.15) is 11.6 Å². The fourth-order valence-electron chi connectivity index (χ4n) is 1.46. The molecule has 0 atom stereocenters. The van der Waals surface area contributed by atoms with Crippen molar-refractivity contribution in [3.8, 4) is 0 Å². The van der Waals surface area contributed by atoms with Gasteiger partial charge in [-0.1, -0.05) is 0 Å². The molecule has 0 aliphatic rings. The lowest BCUT2D eigenvalue weighted by Crippen LogP contribution is -2.12. The summed E-state index contributed by atoms with van der Waals surface area (Å²) in [4.78, 5) is 12.5. The Hall–Kier alpha value is -2.15. The number of aryl methyl sites for hydroxylation is 3. The van der Waals surface area contributed by atoms with Crippen molar-refractivity contribution in [2.45, 2.75) is 27.3 Å². The first-order valence-corrected chi connectivity index (χ1v) is 5.57. The van der Waals surface area contributed by atoms with Crippen LogP contribution in [0.15, 0.2) is 10.6 Å². The van der Waals surface area contributed by atoms with Gasteiger partial charge in [0.15, 0.2) is 0 Å². The minimum atomic E-state index is 0.364. The third kappa shape index (κ3) is 2.57. The SMILES string of the molecule is Cc1cnc(NN)nc1NCc1nc(C)c(C)o1. The number of nitrogen functional groups attached to an aromatic ring is 1. The van der Waals surface area contributed by atoms with E-state index >= 15 is 0 Å². The molecule has 2 aromatic heterocycles. The highest BCUT2D eigenvalue weighted by Crippen LogP contribution is 2.14. The van der Waals surface area contributed by atoms with Crippen molar-refractivity contribution in [1.29, 1.82) is 0 Å². The fraction of sp³-hybridized carbons (Fsp3) is 0.364. The molecule has 2 aromatic rings. The summed E-state index contributed by atoms with van der Waals surface area (Å²) in [6.07, 6.45) is 1.69. The Morgan fingerprint density at radius 2 is 2.06 bits per heavy atom. The molecule has 7 nitrogen and oxygen atoms in total. The summed E-state index contributed by atoms with van der Waals surface area (Å²) in [6, 6.07) is 0. The number of anilines is 2. The number of nitrogens with one attached hydrogen (secondary N) is 2. The first kappa shape index (κ1) is 12.3. The molecule has 0 aromatic carbocycles. The Bertz CT molecular complexity index is 531. The smallest absolute Gasteiger partial charge is 0.239 e. The van der Waals surface area contributed by atoms with Gasteiger partial charge in [-0.2, -0.15) is 4.98 Å². The summed E-state index contributed by atoms with van der Waals surface area (Å²) >= 11 is 0. The van der Waals surface area contributed by atoms with E-state index < -0.39 is 0 Å². The quantitative estimate of drug-likeness (QED) is 0.553. The molecule has 0 amide bonds. The van der Waals surface area contributed by atoms with Crippen molar-refractivity contribution in [2.75, 3.05) is 10.7 Å². The van der Waals surface area contributed by atoms with E-state index in [1.54, 1.807) is 6.20 Å². The van der Waals surface area contributed by atoms with E-state index in [1.165, 1.54) is 0 Å². The second-order valence-corrected chi connectivity index (χ2v) is 3.97. The number of oxazole rings is 1. The van der Waals surface area contributed by atoms with Crippen LogP contribution >= 0.6 is 0 Å². The molecule has 2 rings (SSSR count). The van der Waals surface area contributed by atoms with Crippen LogP contribution in [-0.2, 0) is 6.54 Å². The zero-order valence-electron chi connectivity index (χ0n) is 10.6. The maximum absolute atomic E-state index is 5.48. The topological polar surface area (TPSA) is 102 Å². The Balaban J connectivity index is 2.10. The molecule has 0 saturated heterocycles. The molecule has 4 N–H and O–H groups in total. The minimum Gasteiger partial charge on any atom is -0.444 e.